The van der Waals surface area contributed by atoms with Gasteiger partial charge in [0.15, 0.2) is 0 Å². The van der Waals surface area contributed by atoms with Gasteiger partial charge in [-0.05, 0) is 57.7 Å². The second kappa shape index (κ2) is 8.03. The zero-order valence-electron chi connectivity index (χ0n) is 13.7. The van der Waals surface area contributed by atoms with E-state index in [4.69, 9.17) is 10.5 Å². The van der Waals surface area contributed by atoms with Crippen molar-refractivity contribution >= 4 is 11.7 Å². The smallest absolute Gasteiger partial charge is 0.325 e. The van der Waals surface area contributed by atoms with Crippen LogP contribution in [-0.4, -0.2) is 31.7 Å². The zero-order chi connectivity index (χ0) is 15.9. The van der Waals surface area contributed by atoms with E-state index < -0.39 is 5.54 Å². The van der Waals surface area contributed by atoms with E-state index in [2.05, 4.69) is 43.1 Å². The van der Waals surface area contributed by atoms with Crippen molar-refractivity contribution in [1.82, 2.24) is 0 Å². The first-order chi connectivity index (χ1) is 9.86. The summed E-state index contributed by atoms with van der Waals surface area (Å²) in [5, 5.41) is 0. The van der Waals surface area contributed by atoms with Crippen LogP contribution in [-0.2, 0) is 9.53 Å². The second-order valence-electron chi connectivity index (χ2n) is 5.86. The molecule has 0 fully saturated rings. The van der Waals surface area contributed by atoms with Crippen LogP contribution in [0.1, 0.15) is 38.7 Å². The first-order valence-corrected chi connectivity index (χ1v) is 7.60. The first-order valence-electron chi connectivity index (χ1n) is 7.60. The normalized spacial score (nSPS) is 13.6. The molecule has 118 valence electrons. The minimum atomic E-state index is -0.877. The van der Waals surface area contributed by atoms with Gasteiger partial charge < -0.3 is 15.4 Å². The zero-order valence-corrected chi connectivity index (χ0v) is 13.7. The predicted octanol–water partition coefficient (Wildman–Crippen LogP) is 2.88. The number of carbonyl (C=O) groups excluding carboxylic acids is 1. The van der Waals surface area contributed by atoms with Crippen LogP contribution in [0.5, 0.6) is 0 Å². The monoisotopic (exact) mass is 292 g/mol. The van der Waals surface area contributed by atoms with Crippen LogP contribution in [0.25, 0.3) is 0 Å². The number of nitrogens with two attached hydrogens (primary N) is 1. The Labute approximate surface area is 128 Å². The fraction of sp³-hybridized carbons (Fsp3) is 0.588. The summed E-state index contributed by atoms with van der Waals surface area (Å²) in [6.07, 6.45) is 2.55. The van der Waals surface area contributed by atoms with Crippen molar-refractivity contribution < 1.29 is 9.53 Å². The van der Waals surface area contributed by atoms with E-state index >= 15 is 0 Å². The molecule has 4 heteroatoms. The molecule has 0 aliphatic carbocycles. The highest BCUT2D eigenvalue weighted by molar-refractivity contribution is 5.79. The number of hydrogen-bond donors (Lipinski definition) is 1. The Bertz CT molecular complexity index is 458. The maximum atomic E-state index is 11.7. The number of hydrogen-bond acceptors (Lipinski definition) is 4. The van der Waals surface area contributed by atoms with Crippen LogP contribution >= 0.6 is 0 Å². The largest absolute Gasteiger partial charge is 0.465 e. The number of unbranched alkanes of at least 4 members (excludes halogenated alkanes) is 1. The Morgan fingerprint density at radius 1 is 1.38 bits per heavy atom. The molecule has 0 amide bonds. The average molecular weight is 292 g/mol. The molecule has 0 aliphatic heterocycles. The highest BCUT2D eigenvalue weighted by atomic mass is 16.5. The van der Waals surface area contributed by atoms with Crippen molar-refractivity contribution in [2.24, 2.45) is 5.73 Å². The molecule has 0 saturated carbocycles. The molecule has 21 heavy (non-hydrogen) atoms. The summed E-state index contributed by atoms with van der Waals surface area (Å²) in [6, 6.07) is 8.44. The number of nitrogens with zero attached hydrogens (tertiary/aromatic N) is 1. The first kappa shape index (κ1) is 17.5. The Morgan fingerprint density at radius 2 is 2.10 bits per heavy atom. The van der Waals surface area contributed by atoms with Gasteiger partial charge in [-0.2, -0.15) is 0 Å². The number of anilines is 1. The third-order valence-electron chi connectivity index (χ3n) is 3.62. The van der Waals surface area contributed by atoms with E-state index in [1.165, 1.54) is 11.3 Å². The van der Waals surface area contributed by atoms with Crippen LogP contribution in [0.4, 0.5) is 5.69 Å². The van der Waals surface area contributed by atoms with E-state index in [0.29, 0.717) is 13.0 Å². The molecule has 1 aromatic carbocycles. The van der Waals surface area contributed by atoms with Crippen LogP contribution in [0.2, 0.25) is 0 Å². The number of benzene rings is 1. The SMILES string of the molecule is CCOC(=O)C(C)(N)CCCCN(C)c1cccc(C)c1. The lowest BCUT2D eigenvalue weighted by Gasteiger charge is -2.23. The summed E-state index contributed by atoms with van der Waals surface area (Å²) in [7, 11) is 2.09. The van der Waals surface area contributed by atoms with Crippen molar-refractivity contribution in [3.8, 4) is 0 Å². The maximum absolute atomic E-state index is 11.7. The fourth-order valence-electron chi connectivity index (χ4n) is 2.23. The Kier molecular flexibility index (Phi) is 6.69. The van der Waals surface area contributed by atoms with Crippen molar-refractivity contribution in [1.29, 1.82) is 0 Å². The minimum absolute atomic E-state index is 0.308. The average Bonchev–Trinajstić information content (AvgIpc) is 2.43. The fourth-order valence-corrected chi connectivity index (χ4v) is 2.23. The predicted molar refractivity (Wildman–Crippen MR) is 87.5 cm³/mol. The van der Waals surface area contributed by atoms with E-state index in [9.17, 15) is 4.79 Å². The molecular weight excluding hydrogens is 264 g/mol. The number of carbonyl (C=O) groups is 1. The van der Waals surface area contributed by atoms with E-state index in [1.807, 2.05) is 0 Å². The standard InChI is InChI=1S/C17H28N2O2/c1-5-21-16(20)17(3,18)11-6-7-12-19(4)15-10-8-9-14(2)13-15/h8-10,13H,5-7,11-12,18H2,1-4H3. The van der Waals surface area contributed by atoms with Crippen LogP contribution in [0.15, 0.2) is 24.3 Å². The molecule has 0 bridgehead atoms. The van der Waals surface area contributed by atoms with Gasteiger partial charge >= 0.3 is 5.97 Å². The highest BCUT2D eigenvalue weighted by Crippen LogP contribution is 2.17. The second-order valence-corrected chi connectivity index (χ2v) is 5.86. The number of rotatable bonds is 8. The number of esters is 1. The quantitative estimate of drug-likeness (QED) is 0.591. The lowest BCUT2D eigenvalue weighted by atomic mass is 9.96. The maximum Gasteiger partial charge on any atom is 0.325 e. The Balaban J connectivity index is 2.35. The molecule has 4 nitrogen and oxygen atoms in total. The van der Waals surface area contributed by atoms with Gasteiger partial charge in [-0.15, -0.1) is 0 Å². The van der Waals surface area contributed by atoms with Crippen LogP contribution in [0.3, 0.4) is 0 Å². The molecule has 0 aromatic heterocycles. The van der Waals surface area contributed by atoms with Crippen molar-refractivity contribution in [3.05, 3.63) is 29.8 Å². The molecule has 1 unspecified atom stereocenters. The minimum Gasteiger partial charge on any atom is -0.465 e. The summed E-state index contributed by atoms with van der Waals surface area (Å²) in [5.41, 5.74) is 7.61. The van der Waals surface area contributed by atoms with Gasteiger partial charge in [0, 0.05) is 19.3 Å². The van der Waals surface area contributed by atoms with Gasteiger partial charge in [0.2, 0.25) is 0 Å². The topological polar surface area (TPSA) is 55.6 Å². The van der Waals surface area contributed by atoms with E-state index in [0.717, 1.165) is 19.4 Å². The van der Waals surface area contributed by atoms with Gasteiger partial charge in [-0.3, -0.25) is 4.79 Å². The molecule has 2 N–H and O–H groups in total. The van der Waals surface area contributed by atoms with Gasteiger partial charge in [0.1, 0.15) is 5.54 Å². The van der Waals surface area contributed by atoms with E-state index in [1.54, 1.807) is 13.8 Å². The summed E-state index contributed by atoms with van der Waals surface area (Å²) in [5.74, 6) is -0.308. The summed E-state index contributed by atoms with van der Waals surface area (Å²) in [4.78, 5) is 13.9. The summed E-state index contributed by atoms with van der Waals surface area (Å²) < 4.78 is 4.99. The highest BCUT2D eigenvalue weighted by Gasteiger charge is 2.29. The van der Waals surface area contributed by atoms with Crippen molar-refractivity contribution in [2.45, 2.75) is 45.6 Å². The lowest BCUT2D eigenvalue weighted by molar-refractivity contribution is -0.149. The molecule has 0 aliphatic rings. The van der Waals surface area contributed by atoms with Gasteiger partial charge in [0.25, 0.3) is 0 Å². The Morgan fingerprint density at radius 3 is 2.71 bits per heavy atom. The van der Waals surface area contributed by atoms with E-state index in [-0.39, 0.29) is 5.97 Å². The van der Waals surface area contributed by atoms with Gasteiger partial charge in [-0.25, -0.2) is 0 Å². The third-order valence-corrected chi connectivity index (χ3v) is 3.62. The molecular formula is C17H28N2O2. The number of ether oxygens (including phenoxy) is 1. The Hall–Kier alpha value is -1.55. The molecule has 0 saturated heterocycles. The molecule has 1 aromatic rings. The molecule has 0 radical (unpaired) electrons. The molecule has 1 atom stereocenters. The summed E-state index contributed by atoms with van der Waals surface area (Å²) >= 11 is 0. The molecule has 0 spiro atoms. The van der Waals surface area contributed by atoms with Gasteiger partial charge in [0.05, 0.1) is 6.61 Å². The van der Waals surface area contributed by atoms with Crippen molar-refractivity contribution in [3.63, 3.8) is 0 Å². The van der Waals surface area contributed by atoms with Crippen LogP contribution < -0.4 is 10.6 Å². The van der Waals surface area contributed by atoms with Crippen LogP contribution in [0, 0.1) is 6.92 Å². The van der Waals surface area contributed by atoms with Gasteiger partial charge in [-0.1, -0.05) is 12.1 Å². The molecule has 0 heterocycles. The lowest BCUT2D eigenvalue weighted by Crippen LogP contribution is -2.46. The van der Waals surface area contributed by atoms with Crippen molar-refractivity contribution in [2.75, 3.05) is 25.1 Å². The summed E-state index contributed by atoms with van der Waals surface area (Å²) in [6.45, 7) is 6.96. The third kappa shape index (κ3) is 5.76. The number of aryl methyl sites for hydroxylation is 1. The molecule has 1 rings (SSSR count).